The number of aliphatic carboxylic acids is 1. The molecule has 7 heteroatoms. The average Bonchev–Trinajstić information content (AvgIpc) is 3.39. The zero-order chi connectivity index (χ0) is 26.6. The molecule has 7 nitrogen and oxygen atoms in total. The number of hydrogen-bond donors (Lipinski definition) is 3. The number of carboxylic acids is 1. The number of imide groups is 1. The number of phenols is 1. The van der Waals surface area contributed by atoms with E-state index >= 15 is 0 Å². The zero-order valence-corrected chi connectivity index (χ0v) is 20.7. The molecule has 2 saturated heterocycles. The molecule has 38 heavy (non-hydrogen) atoms. The van der Waals surface area contributed by atoms with Crippen molar-refractivity contribution in [3.63, 3.8) is 0 Å². The van der Waals surface area contributed by atoms with Crippen molar-refractivity contribution < 1.29 is 24.6 Å². The Morgan fingerprint density at radius 1 is 0.895 bits per heavy atom. The van der Waals surface area contributed by atoms with Crippen LogP contribution in [-0.4, -0.2) is 33.5 Å². The first-order valence-electron chi connectivity index (χ1n) is 12.5. The van der Waals surface area contributed by atoms with Crippen LogP contribution in [0.5, 0.6) is 5.75 Å². The van der Waals surface area contributed by atoms with Gasteiger partial charge in [-0.3, -0.25) is 19.7 Å². The Morgan fingerprint density at radius 2 is 1.58 bits per heavy atom. The number of fused-ring (bicyclic) bond motifs is 2. The molecule has 190 valence electrons. The van der Waals surface area contributed by atoms with Crippen molar-refractivity contribution in [2.24, 2.45) is 11.8 Å². The molecule has 4 aromatic carbocycles. The van der Waals surface area contributed by atoms with E-state index in [1.807, 2.05) is 61.5 Å². The molecule has 0 bridgehead atoms. The lowest BCUT2D eigenvalue weighted by Gasteiger charge is -2.31. The summed E-state index contributed by atoms with van der Waals surface area (Å²) in [5.41, 5.74) is 0.887. The number of nitrogens with zero attached hydrogens (tertiary/aromatic N) is 1. The molecular formula is C31H26N2O5. The lowest BCUT2D eigenvalue weighted by Crippen LogP contribution is -2.57. The molecule has 0 spiro atoms. The predicted octanol–water partition coefficient (Wildman–Crippen LogP) is 4.37. The molecular weight excluding hydrogens is 480 g/mol. The number of anilines is 1. The molecule has 2 fully saturated rings. The molecule has 0 aromatic heterocycles. The first-order chi connectivity index (χ1) is 18.3. The average molecular weight is 507 g/mol. The first kappa shape index (κ1) is 23.9. The van der Waals surface area contributed by atoms with Gasteiger partial charge in [0.25, 0.3) is 0 Å². The van der Waals surface area contributed by atoms with Crippen LogP contribution in [0, 0.1) is 18.8 Å². The third-order valence-electron chi connectivity index (χ3n) is 7.97. The van der Waals surface area contributed by atoms with E-state index in [4.69, 9.17) is 0 Å². The lowest BCUT2D eigenvalue weighted by molar-refractivity contribution is -0.148. The number of carbonyl (C=O) groups excluding carboxylic acids is 2. The van der Waals surface area contributed by atoms with Crippen LogP contribution >= 0.6 is 0 Å². The van der Waals surface area contributed by atoms with Gasteiger partial charge in [0, 0.05) is 12.5 Å². The Kier molecular flexibility index (Phi) is 5.54. The third-order valence-corrected chi connectivity index (χ3v) is 7.97. The van der Waals surface area contributed by atoms with Crippen LogP contribution < -0.4 is 10.2 Å². The summed E-state index contributed by atoms with van der Waals surface area (Å²) < 4.78 is 0. The maximum Gasteiger partial charge on any atom is 0.325 e. The van der Waals surface area contributed by atoms with E-state index < -0.39 is 41.2 Å². The molecule has 2 aliphatic heterocycles. The summed E-state index contributed by atoms with van der Waals surface area (Å²) in [6.07, 6.45) is -0.0360. The van der Waals surface area contributed by atoms with Crippen LogP contribution in [0.2, 0.25) is 0 Å². The number of hydrogen-bond acceptors (Lipinski definition) is 5. The molecule has 3 N–H and O–H groups in total. The fraction of sp³-hybridized carbons (Fsp3) is 0.194. The van der Waals surface area contributed by atoms with Gasteiger partial charge in [0.2, 0.25) is 11.8 Å². The molecule has 0 saturated carbocycles. The number of amides is 2. The first-order valence-corrected chi connectivity index (χ1v) is 12.5. The third kappa shape index (κ3) is 3.50. The van der Waals surface area contributed by atoms with Gasteiger partial charge >= 0.3 is 5.97 Å². The van der Waals surface area contributed by atoms with Crippen LogP contribution in [0.1, 0.15) is 22.7 Å². The van der Waals surface area contributed by atoms with E-state index in [9.17, 15) is 24.6 Å². The summed E-state index contributed by atoms with van der Waals surface area (Å²) in [4.78, 5) is 42.6. The fourth-order valence-electron chi connectivity index (χ4n) is 6.21. The Labute approximate surface area is 219 Å². The van der Waals surface area contributed by atoms with E-state index in [0.717, 1.165) is 21.9 Å². The summed E-state index contributed by atoms with van der Waals surface area (Å²) >= 11 is 0. The Morgan fingerprint density at radius 3 is 2.32 bits per heavy atom. The van der Waals surface area contributed by atoms with Gasteiger partial charge in [0.05, 0.1) is 17.5 Å². The van der Waals surface area contributed by atoms with Crippen molar-refractivity contribution in [3.8, 4) is 5.75 Å². The maximum atomic E-state index is 14.1. The normalized spacial score (nSPS) is 24.7. The molecule has 2 aliphatic rings. The second-order valence-electron chi connectivity index (χ2n) is 10.1. The molecule has 2 heterocycles. The van der Waals surface area contributed by atoms with Gasteiger partial charge in [0.1, 0.15) is 11.3 Å². The highest BCUT2D eigenvalue weighted by atomic mass is 16.4. The number of rotatable bonds is 5. The van der Waals surface area contributed by atoms with Crippen LogP contribution in [0.15, 0.2) is 91.0 Å². The summed E-state index contributed by atoms with van der Waals surface area (Å²) in [5.74, 6) is -4.12. The topological polar surface area (TPSA) is 107 Å². The highest BCUT2D eigenvalue weighted by molar-refractivity contribution is 6.24. The molecule has 0 aliphatic carbocycles. The van der Waals surface area contributed by atoms with E-state index in [1.54, 1.807) is 24.3 Å². The second-order valence-corrected chi connectivity index (χ2v) is 10.1. The van der Waals surface area contributed by atoms with Gasteiger partial charge in [0.15, 0.2) is 0 Å². The quantitative estimate of drug-likeness (QED) is 0.347. The van der Waals surface area contributed by atoms with Crippen molar-refractivity contribution >= 4 is 34.2 Å². The van der Waals surface area contributed by atoms with E-state index in [-0.39, 0.29) is 12.2 Å². The number of carboxylic acid groups (broad SMARTS) is 1. The van der Waals surface area contributed by atoms with Gasteiger partial charge in [-0.05, 0) is 52.6 Å². The van der Waals surface area contributed by atoms with Crippen molar-refractivity contribution in [1.29, 1.82) is 0 Å². The predicted molar refractivity (Wildman–Crippen MR) is 143 cm³/mol. The van der Waals surface area contributed by atoms with Gasteiger partial charge in [-0.1, -0.05) is 72.8 Å². The van der Waals surface area contributed by atoms with E-state index in [2.05, 4.69) is 5.32 Å². The van der Waals surface area contributed by atoms with Gasteiger partial charge in [-0.25, -0.2) is 4.90 Å². The van der Waals surface area contributed by atoms with Crippen molar-refractivity contribution in [2.45, 2.75) is 24.9 Å². The number of nitrogens with one attached hydrogen (secondary N) is 1. The molecule has 4 atom stereocenters. The minimum Gasteiger partial charge on any atom is -0.508 e. The largest absolute Gasteiger partial charge is 0.508 e. The standard InChI is InChI=1S/C31H26N2O5/c1-18-7-2-5-12-24(18)33-28(35)25-26(29(33)36)31(30(37)38,17-19-13-15-21(34)16-14-19)32-27(25)23-11-6-9-20-8-3-4-10-22(20)23/h2-16,25-27,32,34H,17H2,1H3,(H,37,38). The summed E-state index contributed by atoms with van der Waals surface area (Å²) in [7, 11) is 0. The number of para-hydroxylation sites is 1. The van der Waals surface area contributed by atoms with Crippen molar-refractivity contribution in [2.75, 3.05) is 4.90 Å². The molecule has 2 amide bonds. The lowest BCUT2D eigenvalue weighted by atomic mass is 9.76. The van der Waals surface area contributed by atoms with Crippen molar-refractivity contribution in [3.05, 3.63) is 108 Å². The van der Waals surface area contributed by atoms with Crippen LogP contribution in [0.3, 0.4) is 0 Å². The summed E-state index contributed by atoms with van der Waals surface area (Å²) in [6, 6.07) is 26.2. The molecule has 4 unspecified atom stereocenters. The molecule has 0 radical (unpaired) electrons. The number of aryl methyl sites for hydroxylation is 1. The summed E-state index contributed by atoms with van der Waals surface area (Å²) in [6.45, 7) is 1.82. The fourth-order valence-corrected chi connectivity index (χ4v) is 6.21. The van der Waals surface area contributed by atoms with E-state index in [0.29, 0.717) is 11.3 Å². The Balaban J connectivity index is 1.55. The number of phenolic OH excluding ortho intramolecular Hbond substituents is 1. The number of aromatic hydroxyl groups is 1. The van der Waals surface area contributed by atoms with Gasteiger partial charge < -0.3 is 10.2 Å². The number of benzene rings is 4. The molecule has 4 aromatic rings. The zero-order valence-electron chi connectivity index (χ0n) is 20.7. The van der Waals surface area contributed by atoms with Gasteiger partial charge in [-0.15, -0.1) is 0 Å². The number of carbonyl (C=O) groups is 3. The van der Waals surface area contributed by atoms with Crippen molar-refractivity contribution in [1.82, 2.24) is 5.32 Å². The monoisotopic (exact) mass is 506 g/mol. The molecule has 6 rings (SSSR count). The van der Waals surface area contributed by atoms with Crippen LogP contribution in [0.4, 0.5) is 5.69 Å². The van der Waals surface area contributed by atoms with Crippen LogP contribution in [0.25, 0.3) is 10.8 Å². The minimum atomic E-state index is -1.74. The minimum absolute atomic E-state index is 0.0360. The van der Waals surface area contributed by atoms with Gasteiger partial charge in [-0.2, -0.15) is 0 Å². The van der Waals surface area contributed by atoms with Crippen LogP contribution in [-0.2, 0) is 20.8 Å². The Hall–Kier alpha value is -4.49. The SMILES string of the molecule is Cc1ccccc1N1C(=O)C2C(c3cccc4ccccc34)NC(Cc3ccc(O)cc3)(C(=O)O)C2C1=O. The maximum absolute atomic E-state index is 14.1. The highest BCUT2D eigenvalue weighted by Crippen LogP contribution is 2.52. The van der Waals surface area contributed by atoms with E-state index in [1.165, 1.54) is 17.0 Å². The summed E-state index contributed by atoms with van der Waals surface area (Å²) in [5, 5.41) is 25.6. The second kappa shape index (κ2) is 8.82. The Bertz CT molecular complexity index is 1590. The highest BCUT2D eigenvalue weighted by Gasteiger charge is 2.68. The smallest absolute Gasteiger partial charge is 0.325 e.